The van der Waals surface area contributed by atoms with Crippen molar-refractivity contribution < 1.29 is 58.9 Å². The Morgan fingerprint density at radius 2 is 1.64 bits per heavy atom. The predicted molar refractivity (Wildman–Crippen MR) is 144 cm³/mol. The van der Waals surface area contributed by atoms with Crippen LogP contribution in [-0.4, -0.2) is 51.7 Å². The van der Waals surface area contributed by atoms with Crippen molar-refractivity contribution in [3.8, 4) is 22.6 Å². The Kier molecular flexibility index (Phi) is 8.22. The smallest absolute Gasteiger partial charge is 0.486 e. The number of sulfonamides is 1. The zero-order valence-electron chi connectivity index (χ0n) is 22.7. The van der Waals surface area contributed by atoms with E-state index in [9.17, 15) is 44.7 Å². The van der Waals surface area contributed by atoms with E-state index in [1.807, 2.05) is 0 Å². The minimum absolute atomic E-state index is 0.00385. The van der Waals surface area contributed by atoms with Crippen LogP contribution in [0.15, 0.2) is 71.6 Å². The summed E-state index contributed by atoms with van der Waals surface area (Å²) in [5, 5.41) is 10.1. The minimum Gasteiger partial charge on any atom is -0.486 e. The lowest BCUT2D eigenvalue weighted by Crippen LogP contribution is -2.48. The molecule has 2 aliphatic heterocycles. The molecule has 15 heteroatoms. The molecule has 0 bridgehead atoms. The molecule has 1 atom stereocenters. The maximum atomic E-state index is 14.0. The zero-order valence-corrected chi connectivity index (χ0v) is 23.5. The van der Waals surface area contributed by atoms with Gasteiger partial charge in [-0.25, -0.2) is 8.42 Å². The van der Waals surface area contributed by atoms with Gasteiger partial charge in [0, 0.05) is 19.6 Å². The number of ether oxygens (including phenoxy) is 3. The molecule has 0 spiro atoms. The molecule has 2 aliphatic rings. The van der Waals surface area contributed by atoms with Crippen LogP contribution >= 0.6 is 0 Å². The van der Waals surface area contributed by atoms with Crippen molar-refractivity contribution in [2.45, 2.75) is 42.8 Å². The summed E-state index contributed by atoms with van der Waals surface area (Å²) in [5.41, 5.74) is -2.08. The van der Waals surface area contributed by atoms with Crippen LogP contribution in [-0.2, 0) is 25.7 Å². The van der Waals surface area contributed by atoms with E-state index in [0.29, 0.717) is 6.07 Å². The average Bonchev–Trinajstić information content (AvgIpc) is 2.96. The number of carboxylic acids is 1. The van der Waals surface area contributed by atoms with Gasteiger partial charge in [0.2, 0.25) is 0 Å². The molecule has 0 radical (unpaired) electrons. The second kappa shape index (κ2) is 11.5. The molecular formula is C29H25F6NO7S. The van der Waals surface area contributed by atoms with E-state index in [0.717, 1.165) is 34.6 Å². The zero-order chi connectivity index (χ0) is 31.9. The fraction of sp³-hybridized carbons (Fsp3) is 0.345. The van der Waals surface area contributed by atoms with Crippen LogP contribution in [0.1, 0.15) is 24.8 Å². The molecule has 236 valence electrons. The van der Waals surface area contributed by atoms with Crippen molar-refractivity contribution in [3.63, 3.8) is 0 Å². The summed E-state index contributed by atoms with van der Waals surface area (Å²) < 4.78 is 123. The first-order valence-electron chi connectivity index (χ1n) is 13.3. The molecule has 1 fully saturated rings. The number of nitrogens with zero attached hydrogens (tertiary/aromatic N) is 1. The van der Waals surface area contributed by atoms with Gasteiger partial charge in [0.05, 0.1) is 28.1 Å². The number of benzene rings is 3. The highest BCUT2D eigenvalue weighted by atomic mass is 32.2. The minimum atomic E-state index is -4.95. The van der Waals surface area contributed by atoms with Crippen molar-refractivity contribution in [2.75, 3.05) is 24.1 Å². The molecule has 0 aromatic heterocycles. The third kappa shape index (κ3) is 6.58. The summed E-state index contributed by atoms with van der Waals surface area (Å²) in [6, 6.07) is 12.3. The topological polar surface area (TPSA) is 102 Å². The second-order valence-electron chi connectivity index (χ2n) is 10.5. The van der Waals surface area contributed by atoms with E-state index in [4.69, 9.17) is 9.47 Å². The van der Waals surface area contributed by atoms with Crippen molar-refractivity contribution in [2.24, 2.45) is 5.41 Å². The number of halogens is 6. The lowest BCUT2D eigenvalue weighted by atomic mass is 9.75. The van der Waals surface area contributed by atoms with E-state index in [-0.39, 0.29) is 55.0 Å². The number of hydrogen-bond acceptors (Lipinski definition) is 6. The van der Waals surface area contributed by atoms with E-state index < -0.39 is 62.8 Å². The molecule has 1 saturated heterocycles. The highest BCUT2D eigenvalue weighted by molar-refractivity contribution is 7.92. The van der Waals surface area contributed by atoms with E-state index in [1.165, 1.54) is 30.3 Å². The van der Waals surface area contributed by atoms with Crippen LogP contribution in [0.4, 0.5) is 32.0 Å². The molecule has 0 saturated carbocycles. The number of hydrogen-bond donors (Lipinski definition) is 1. The third-order valence-corrected chi connectivity index (χ3v) is 9.34. The lowest BCUT2D eigenvalue weighted by Gasteiger charge is -2.40. The van der Waals surface area contributed by atoms with Gasteiger partial charge in [-0.2, -0.15) is 13.2 Å². The van der Waals surface area contributed by atoms with Crippen molar-refractivity contribution in [3.05, 3.63) is 72.3 Å². The lowest BCUT2D eigenvalue weighted by molar-refractivity contribution is -0.274. The van der Waals surface area contributed by atoms with Crippen LogP contribution in [0, 0.1) is 5.41 Å². The Hall–Kier alpha value is -3.98. The maximum absolute atomic E-state index is 14.0. The average molecular weight is 646 g/mol. The van der Waals surface area contributed by atoms with Crippen molar-refractivity contribution in [1.82, 2.24) is 0 Å². The Morgan fingerprint density at radius 3 is 2.30 bits per heavy atom. The molecule has 1 N–H and O–H groups in total. The number of rotatable bonds is 7. The molecular weight excluding hydrogens is 620 g/mol. The van der Waals surface area contributed by atoms with Gasteiger partial charge < -0.3 is 19.3 Å². The monoisotopic (exact) mass is 645 g/mol. The molecule has 0 unspecified atom stereocenters. The first-order valence-corrected chi connectivity index (χ1v) is 14.7. The fourth-order valence-corrected chi connectivity index (χ4v) is 6.91. The molecule has 0 amide bonds. The SMILES string of the molecule is O=C(O)C1(C[C@H]2CN(S(=O)(=O)c3cccc(C(F)(F)F)c3)c3cc(-c4cccc(OC(F)(F)F)c4)ccc3O2)CCOCC1. The van der Waals surface area contributed by atoms with Gasteiger partial charge in [0.15, 0.2) is 0 Å². The normalized spacial score (nSPS) is 18.7. The molecule has 5 rings (SSSR count). The van der Waals surface area contributed by atoms with Gasteiger partial charge in [-0.05, 0) is 66.4 Å². The number of carboxylic acid groups (broad SMARTS) is 1. The standard InChI is InChI=1S/C29H25F6NO7S/c30-28(31,32)20-4-2-6-23(15-20)44(39,40)36-17-22(16-27(26(37)38)9-11-41-12-10-27)42-25-8-7-19(14-24(25)36)18-3-1-5-21(13-18)43-29(33,34)35/h1-8,13-15,22H,9-12,16-17H2,(H,37,38)/t22-/m0/s1. The number of carbonyl (C=O) groups is 1. The van der Waals surface area contributed by atoms with Gasteiger partial charge in [-0.3, -0.25) is 9.10 Å². The van der Waals surface area contributed by atoms with Crippen LogP contribution in [0.3, 0.4) is 0 Å². The summed E-state index contributed by atoms with van der Waals surface area (Å²) in [5.74, 6) is -1.64. The number of anilines is 1. The summed E-state index contributed by atoms with van der Waals surface area (Å²) in [6.07, 6.45) is -10.6. The predicted octanol–water partition coefficient (Wildman–Crippen LogP) is 6.50. The fourth-order valence-electron chi connectivity index (χ4n) is 5.36. The number of aliphatic carboxylic acids is 1. The first-order chi connectivity index (χ1) is 20.6. The van der Waals surface area contributed by atoms with Crippen LogP contribution in [0.5, 0.6) is 11.5 Å². The maximum Gasteiger partial charge on any atom is 0.573 e. The molecule has 3 aromatic rings. The Morgan fingerprint density at radius 1 is 0.955 bits per heavy atom. The van der Waals surface area contributed by atoms with Crippen LogP contribution in [0.25, 0.3) is 11.1 Å². The quantitative estimate of drug-likeness (QED) is 0.293. The summed E-state index contributed by atoms with van der Waals surface area (Å²) in [7, 11) is -4.70. The van der Waals surface area contributed by atoms with E-state index in [2.05, 4.69) is 4.74 Å². The van der Waals surface area contributed by atoms with Gasteiger partial charge >= 0.3 is 18.5 Å². The van der Waals surface area contributed by atoms with Crippen molar-refractivity contribution >= 4 is 21.7 Å². The molecule has 2 heterocycles. The third-order valence-electron chi connectivity index (χ3n) is 7.56. The van der Waals surface area contributed by atoms with E-state index >= 15 is 0 Å². The summed E-state index contributed by atoms with van der Waals surface area (Å²) in [6.45, 7) is -0.104. The first kappa shape index (κ1) is 31.4. The Bertz CT molecular complexity index is 1650. The largest absolute Gasteiger partial charge is 0.573 e. The Labute approximate surface area is 247 Å². The molecule has 3 aromatic carbocycles. The van der Waals surface area contributed by atoms with Crippen LogP contribution in [0.2, 0.25) is 0 Å². The molecule has 8 nitrogen and oxygen atoms in total. The second-order valence-corrected chi connectivity index (χ2v) is 12.3. The molecule has 0 aliphatic carbocycles. The van der Waals surface area contributed by atoms with Gasteiger partial charge in [-0.1, -0.05) is 24.3 Å². The van der Waals surface area contributed by atoms with Crippen molar-refractivity contribution in [1.29, 1.82) is 0 Å². The number of alkyl halides is 6. The van der Waals surface area contributed by atoms with Gasteiger partial charge in [-0.15, -0.1) is 13.2 Å². The van der Waals surface area contributed by atoms with Gasteiger partial charge in [0.25, 0.3) is 10.0 Å². The van der Waals surface area contributed by atoms with Crippen LogP contribution < -0.4 is 13.8 Å². The Balaban J connectivity index is 1.58. The number of fused-ring (bicyclic) bond motifs is 1. The van der Waals surface area contributed by atoms with E-state index in [1.54, 1.807) is 0 Å². The highest BCUT2D eigenvalue weighted by Gasteiger charge is 2.45. The summed E-state index contributed by atoms with van der Waals surface area (Å²) >= 11 is 0. The molecule has 44 heavy (non-hydrogen) atoms. The van der Waals surface area contributed by atoms with Gasteiger partial charge in [0.1, 0.15) is 17.6 Å². The summed E-state index contributed by atoms with van der Waals surface area (Å²) in [4.78, 5) is 11.6. The highest BCUT2D eigenvalue weighted by Crippen LogP contribution is 2.44.